The van der Waals surface area contributed by atoms with Crippen LogP contribution in [0.4, 0.5) is 22.0 Å². The van der Waals surface area contributed by atoms with Crippen molar-refractivity contribution >= 4 is 23.5 Å². The van der Waals surface area contributed by atoms with Gasteiger partial charge in [0, 0.05) is 41.9 Å². The van der Waals surface area contributed by atoms with Gasteiger partial charge in [0.2, 0.25) is 5.91 Å². The third-order valence-corrected chi connectivity index (χ3v) is 10.9. The summed E-state index contributed by atoms with van der Waals surface area (Å²) in [5, 5.41) is 0.601. The molecule has 0 aromatic heterocycles. The van der Waals surface area contributed by atoms with E-state index in [1.165, 1.54) is 36.0 Å². The minimum atomic E-state index is -4.40. The van der Waals surface area contributed by atoms with Crippen LogP contribution in [0, 0.1) is 17.6 Å². The number of thioether (sulfide) groups is 1. The van der Waals surface area contributed by atoms with E-state index in [9.17, 15) is 31.5 Å². The van der Waals surface area contributed by atoms with E-state index in [0.29, 0.717) is 17.1 Å². The molecule has 2 unspecified atom stereocenters. The maximum Gasteiger partial charge on any atom is 0.416 e. The summed E-state index contributed by atoms with van der Waals surface area (Å²) in [6.45, 7) is 2.13. The highest BCUT2D eigenvalue weighted by atomic mass is 32.2. The van der Waals surface area contributed by atoms with Gasteiger partial charge in [-0.2, -0.15) is 13.2 Å². The number of carbonyl (C=O) groups excluding carboxylic acids is 2. The van der Waals surface area contributed by atoms with Crippen LogP contribution in [0.15, 0.2) is 77.8 Å². The number of allylic oxidation sites excluding steroid dienone is 1. The molecule has 0 N–H and O–H groups in total. The number of benzene rings is 3. The normalized spacial score (nSPS) is 20.5. The molecule has 1 saturated heterocycles. The van der Waals surface area contributed by atoms with Crippen molar-refractivity contribution in [2.75, 3.05) is 26.7 Å². The molecule has 2 aliphatic heterocycles. The molecular formula is C37H38F5N3O2S. The van der Waals surface area contributed by atoms with Crippen molar-refractivity contribution in [3.8, 4) is 11.1 Å². The van der Waals surface area contributed by atoms with E-state index in [2.05, 4.69) is 11.9 Å². The van der Waals surface area contributed by atoms with Gasteiger partial charge in [-0.25, -0.2) is 8.78 Å². The highest BCUT2D eigenvalue weighted by molar-refractivity contribution is 8.02. The first-order chi connectivity index (χ1) is 23.0. The van der Waals surface area contributed by atoms with E-state index in [-0.39, 0.29) is 47.6 Å². The first kappa shape index (κ1) is 34.2. The second-order valence-corrected chi connectivity index (χ2v) is 13.9. The van der Waals surface area contributed by atoms with Crippen LogP contribution in [-0.2, 0) is 28.1 Å². The van der Waals surface area contributed by atoms with Gasteiger partial charge in [0.25, 0.3) is 0 Å². The molecule has 5 nitrogen and oxygen atoms in total. The number of hydrogen-bond donors (Lipinski definition) is 0. The van der Waals surface area contributed by atoms with E-state index in [4.69, 9.17) is 0 Å². The number of likely N-dealkylation sites (tertiary alicyclic amines) is 1. The van der Waals surface area contributed by atoms with Crippen LogP contribution in [-0.4, -0.2) is 65.2 Å². The van der Waals surface area contributed by atoms with Crippen LogP contribution in [0.3, 0.4) is 0 Å². The van der Waals surface area contributed by atoms with Gasteiger partial charge in [0.05, 0.1) is 17.1 Å². The van der Waals surface area contributed by atoms with Gasteiger partial charge in [-0.15, -0.1) is 11.8 Å². The van der Waals surface area contributed by atoms with E-state index in [0.717, 1.165) is 74.5 Å². The molecule has 3 aromatic rings. The molecule has 1 amide bonds. The van der Waals surface area contributed by atoms with Crippen LogP contribution in [0.5, 0.6) is 0 Å². The Morgan fingerprint density at radius 3 is 2.25 bits per heavy atom. The molecule has 0 radical (unpaired) electrons. The average molecular weight is 684 g/mol. The summed E-state index contributed by atoms with van der Waals surface area (Å²) in [5.74, 6) is -1.96. The Morgan fingerprint density at radius 1 is 0.917 bits per heavy atom. The number of fused-ring (bicyclic) bond motifs is 1. The Bertz CT molecular complexity index is 1650. The lowest BCUT2D eigenvalue weighted by atomic mass is 9.94. The van der Waals surface area contributed by atoms with Crippen LogP contribution in [0.25, 0.3) is 11.1 Å². The zero-order chi connectivity index (χ0) is 34.0. The van der Waals surface area contributed by atoms with E-state index < -0.39 is 23.4 Å². The topological polar surface area (TPSA) is 43.9 Å². The zero-order valence-electron chi connectivity index (χ0n) is 26.7. The summed E-state index contributed by atoms with van der Waals surface area (Å²) in [6.07, 6.45) is 1.20. The predicted molar refractivity (Wildman–Crippen MR) is 177 cm³/mol. The molecular weight excluding hydrogens is 645 g/mol. The van der Waals surface area contributed by atoms with Gasteiger partial charge >= 0.3 is 6.18 Å². The number of ketones is 1. The highest BCUT2D eigenvalue weighted by Crippen LogP contribution is 2.41. The van der Waals surface area contributed by atoms with Crippen LogP contribution >= 0.6 is 11.8 Å². The molecule has 0 bridgehead atoms. The molecule has 1 saturated carbocycles. The molecule has 254 valence electrons. The van der Waals surface area contributed by atoms with Crippen molar-refractivity contribution in [2.45, 2.75) is 62.7 Å². The standard InChI is InChI=1S/C37H38F5N3O2S/c1-43-18-16-29(17-19-43)44(21-24-8-10-25(11-9-24)26-12-14-28(15-13-26)37(40,41)42)34(47)22-45-32-7-3-5-30(32)33(46)20-35(45)48-23-27-4-2-6-31(38)36(27)39/h2,4,6,8-15,20,29-30,32H,3,5,7,16-19,21-23H2,1H3. The minimum Gasteiger partial charge on any atom is -0.353 e. The number of piperidine rings is 1. The average Bonchev–Trinajstić information content (AvgIpc) is 3.57. The van der Waals surface area contributed by atoms with Gasteiger partial charge in [-0.3, -0.25) is 9.59 Å². The number of nitrogens with zero attached hydrogens (tertiary/aromatic N) is 3. The second kappa shape index (κ2) is 14.4. The molecule has 1 aliphatic carbocycles. The Labute approximate surface area is 281 Å². The SMILES string of the molecule is CN1CCC(N(Cc2ccc(-c3ccc(C(F)(F)F)cc3)cc2)C(=O)CN2C(SCc3cccc(F)c3F)=CC(=O)C3CCCC32)CC1. The fourth-order valence-electron chi connectivity index (χ4n) is 7.07. The zero-order valence-corrected chi connectivity index (χ0v) is 27.5. The molecule has 0 spiro atoms. The van der Waals surface area contributed by atoms with Crippen molar-refractivity contribution in [2.24, 2.45) is 5.92 Å². The fourth-order valence-corrected chi connectivity index (χ4v) is 8.16. The Kier molecular flexibility index (Phi) is 10.3. The number of halogens is 5. The molecule has 2 fully saturated rings. The lowest BCUT2D eigenvalue weighted by Crippen LogP contribution is -2.52. The van der Waals surface area contributed by atoms with Crippen molar-refractivity contribution in [3.05, 3.63) is 106 Å². The smallest absolute Gasteiger partial charge is 0.353 e. The van der Waals surface area contributed by atoms with E-state index in [1.54, 1.807) is 6.08 Å². The van der Waals surface area contributed by atoms with Gasteiger partial charge < -0.3 is 14.7 Å². The highest BCUT2D eigenvalue weighted by Gasteiger charge is 2.42. The first-order valence-electron chi connectivity index (χ1n) is 16.3. The number of hydrogen-bond acceptors (Lipinski definition) is 5. The molecule has 3 aromatic carbocycles. The van der Waals surface area contributed by atoms with Gasteiger partial charge in [0.15, 0.2) is 17.4 Å². The molecule has 11 heteroatoms. The first-order valence-corrected chi connectivity index (χ1v) is 17.3. The van der Waals surface area contributed by atoms with Crippen molar-refractivity contribution in [3.63, 3.8) is 0 Å². The van der Waals surface area contributed by atoms with Gasteiger partial charge in [-0.1, -0.05) is 55.0 Å². The summed E-state index contributed by atoms with van der Waals surface area (Å²) >= 11 is 1.25. The predicted octanol–water partition coefficient (Wildman–Crippen LogP) is 7.90. The van der Waals surface area contributed by atoms with Crippen LogP contribution in [0.2, 0.25) is 0 Å². The molecule has 2 atom stereocenters. The van der Waals surface area contributed by atoms with E-state index >= 15 is 0 Å². The van der Waals surface area contributed by atoms with E-state index in [1.807, 2.05) is 34.1 Å². The lowest BCUT2D eigenvalue weighted by molar-refractivity contribution is -0.138. The Hall–Kier alpha value is -3.70. The summed E-state index contributed by atoms with van der Waals surface area (Å²) in [4.78, 5) is 33.6. The number of rotatable bonds is 9. The fraction of sp³-hybridized carbons (Fsp3) is 0.405. The van der Waals surface area contributed by atoms with Crippen molar-refractivity contribution in [1.82, 2.24) is 14.7 Å². The molecule has 3 aliphatic rings. The number of amides is 1. The maximum absolute atomic E-state index is 14.5. The van der Waals surface area contributed by atoms with Gasteiger partial charge in [0.1, 0.15) is 0 Å². The monoisotopic (exact) mass is 683 g/mol. The lowest BCUT2D eigenvalue weighted by Gasteiger charge is -2.42. The molecule has 2 heterocycles. The summed E-state index contributed by atoms with van der Waals surface area (Å²) in [5.41, 5.74) is 1.84. The third-order valence-electron chi connectivity index (χ3n) is 9.81. The van der Waals surface area contributed by atoms with Gasteiger partial charge in [-0.05, 0) is 80.7 Å². The molecule has 6 rings (SSSR count). The minimum absolute atomic E-state index is 0.00978. The van der Waals surface area contributed by atoms with Crippen molar-refractivity contribution < 1.29 is 31.5 Å². The Balaban J connectivity index is 1.22. The summed E-state index contributed by atoms with van der Waals surface area (Å²) in [7, 11) is 2.06. The molecule has 48 heavy (non-hydrogen) atoms. The quantitative estimate of drug-likeness (QED) is 0.215. The second-order valence-electron chi connectivity index (χ2n) is 12.9. The number of alkyl halides is 3. The summed E-state index contributed by atoms with van der Waals surface area (Å²) < 4.78 is 67.5. The van der Waals surface area contributed by atoms with Crippen LogP contribution < -0.4 is 0 Å². The van der Waals surface area contributed by atoms with Crippen molar-refractivity contribution in [1.29, 1.82) is 0 Å². The van der Waals surface area contributed by atoms with Crippen LogP contribution in [0.1, 0.15) is 48.8 Å². The largest absolute Gasteiger partial charge is 0.416 e. The Morgan fingerprint density at radius 2 is 1.58 bits per heavy atom. The third kappa shape index (κ3) is 7.62. The summed E-state index contributed by atoms with van der Waals surface area (Å²) in [6, 6.07) is 16.5. The number of carbonyl (C=O) groups is 2. The maximum atomic E-state index is 14.5.